The Hall–Kier alpha value is -1.75. The average molecular weight is 236 g/mol. The number of benzene rings is 1. The molecule has 0 radical (unpaired) electrons. The maximum absolute atomic E-state index is 11.8. The fourth-order valence-electron chi connectivity index (χ4n) is 1.91. The van der Waals surface area contributed by atoms with Gasteiger partial charge in [0.25, 0.3) is 0 Å². The van der Waals surface area contributed by atoms with Crippen molar-refractivity contribution in [1.82, 2.24) is 5.32 Å². The van der Waals surface area contributed by atoms with Gasteiger partial charge in [-0.3, -0.25) is 4.79 Å². The lowest BCUT2D eigenvalue weighted by Gasteiger charge is -2.12. The molecular formula is C12H16N2O3. The van der Waals surface area contributed by atoms with Crippen molar-refractivity contribution in [3.63, 3.8) is 0 Å². The maximum atomic E-state index is 11.8. The highest BCUT2D eigenvalue weighted by atomic mass is 16.5. The molecule has 1 saturated heterocycles. The number of nitrogens with one attached hydrogen (secondary N) is 2. The standard InChI is InChI=1S/C12H16N2O3/c1-17-11-5-4-8(7-10(11)15)14-12(16)9-3-2-6-13-9/h4-5,7,9,13,15H,2-3,6H2,1H3,(H,14,16)/t9-/m1/s1. The topological polar surface area (TPSA) is 70.6 Å². The molecule has 1 aromatic carbocycles. The number of carbonyl (C=O) groups excluding carboxylic acids is 1. The second kappa shape index (κ2) is 5.05. The van der Waals surface area contributed by atoms with Crippen molar-refractivity contribution < 1.29 is 14.6 Å². The molecule has 1 amide bonds. The van der Waals surface area contributed by atoms with Gasteiger partial charge in [0.15, 0.2) is 11.5 Å². The first kappa shape index (κ1) is 11.7. The number of amides is 1. The van der Waals surface area contributed by atoms with E-state index in [0.29, 0.717) is 11.4 Å². The molecule has 0 aliphatic carbocycles. The number of carbonyl (C=O) groups is 1. The summed E-state index contributed by atoms with van der Waals surface area (Å²) in [5.74, 6) is 0.346. The van der Waals surface area contributed by atoms with Gasteiger partial charge in [0, 0.05) is 11.8 Å². The highest BCUT2D eigenvalue weighted by molar-refractivity contribution is 5.95. The monoisotopic (exact) mass is 236 g/mol. The fourth-order valence-corrected chi connectivity index (χ4v) is 1.91. The number of phenols is 1. The van der Waals surface area contributed by atoms with E-state index in [9.17, 15) is 9.90 Å². The first-order valence-corrected chi connectivity index (χ1v) is 5.62. The minimum atomic E-state index is -0.126. The minimum absolute atomic E-state index is 0.0182. The first-order chi connectivity index (χ1) is 8.20. The molecule has 3 N–H and O–H groups in total. The van der Waals surface area contributed by atoms with Crippen molar-refractivity contribution in [1.29, 1.82) is 0 Å². The summed E-state index contributed by atoms with van der Waals surface area (Å²) in [6.45, 7) is 0.881. The lowest BCUT2D eigenvalue weighted by atomic mass is 10.2. The molecule has 0 bridgehead atoms. The molecule has 5 heteroatoms. The van der Waals surface area contributed by atoms with E-state index in [2.05, 4.69) is 10.6 Å². The molecule has 1 aromatic rings. The third-order valence-corrected chi connectivity index (χ3v) is 2.82. The molecular weight excluding hydrogens is 220 g/mol. The maximum Gasteiger partial charge on any atom is 0.241 e. The highest BCUT2D eigenvalue weighted by Gasteiger charge is 2.21. The van der Waals surface area contributed by atoms with Gasteiger partial charge in [-0.25, -0.2) is 0 Å². The molecule has 1 atom stereocenters. The third kappa shape index (κ3) is 2.68. The molecule has 2 rings (SSSR count). The Bertz CT molecular complexity index is 414. The van der Waals surface area contributed by atoms with Crippen LogP contribution in [-0.4, -0.2) is 30.7 Å². The molecule has 92 valence electrons. The number of rotatable bonds is 3. The average Bonchev–Trinajstić information content (AvgIpc) is 2.82. The predicted octanol–water partition coefficient (Wildman–Crippen LogP) is 1.09. The van der Waals surface area contributed by atoms with Crippen LogP contribution in [0.2, 0.25) is 0 Å². The number of hydrogen-bond donors (Lipinski definition) is 3. The van der Waals surface area contributed by atoms with Gasteiger partial charge in [-0.1, -0.05) is 0 Å². The van der Waals surface area contributed by atoms with Crippen LogP contribution in [0.15, 0.2) is 18.2 Å². The number of anilines is 1. The van der Waals surface area contributed by atoms with Crippen LogP contribution in [0.4, 0.5) is 5.69 Å². The summed E-state index contributed by atoms with van der Waals surface area (Å²) in [6, 6.07) is 4.67. The van der Waals surface area contributed by atoms with Crippen molar-refractivity contribution in [2.75, 3.05) is 19.0 Å². The molecule has 5 nitrogen and oxygen atoms in total. The van der Waals surface area contributed by atoms with Crippen LogP contribution in [0.3, 0.4) is 0 Å². The van der Waals surface area contributed by atoms with Gasteiger partial charge in [-0.05, 0) is 31.5 Å². The summed E-state index contributed by atoms with van der Waals surface area (Å²) >= 11 is 0. The van der Waals surface area contributed by atoms with Crippen LogP contribution in [-0.2, 0) is 4.79 Å². The zero-order valence-electron chi connectivity index (χ0n) is 9.69. The Balaban J connectivity index is 2.03. The Kier molecular flexibility index (Phi) is 3.49. The minimum Gasteiger partial charge on any atom is -0.504 e. The van der Waals surface area contributed by atoms with E-state index in [-0.39, 0.29) is 17.7 Å². The van der Waals surface area contributed by atoms with E-state index in [1.54, 1.807) is 12.1 Å². The van der Waals surface area contributed by atoms with E-state index in [1.807, 2.05) is 0 Å². The van der Waals surface area contributed by atoms with Crippen molar-refractivity contribution in [2.45, 2.75) is 18.9 Å². The largest absolute Gasteiger partial charge is 0.504 e. The molecule has 1 aliphatic heterocycles. The van der Waals surface area contributed by atoms with Crippen LogP contribution in [0.1, 0.15) is 12.8 Å². The summed E-state index contributed by atoms with van der Waals surface area (Å²) < 4.78 is 4.93. The number of ether oxygens (including phenoxy) is 1. The molecule has 1 fully saturated rings. The van der Waals surface area contributed by atoms with E-state index < -0.39 is 0 Å². The normalized spacial score (nSPS) is 19.0. The van der Waals surface area contributed by atoms with Crippen molar-refractivity contribution in [3.05, 3.63) is 18.2 Å². The Morgan fingerprint density at radius 1 is 1.59 bits per heavy atom. The zero-order chi connectivity index (χ0) is 12.3. The lowest BCUT2D eigenvalue weighted by Crippen LogP contribution is -2.35. The quantitative estimate of drug-likeness (QED) is 0.734. The summed E-state index contributed by atoms with van der Waals surface area (Å²) in [7, 11) is 1.48. The second-order valence-corrected chi connectivity index (χ2v) is 4.02. The van der Waals surface area contributed by atoms with Gasteiger partial charge in [-0.2, -0.15) is 0 Å². The molecule has 1 aliphatic rings. The van der Waals surface area contributed by atoms with E-state index in [0.717, 1.165) is 19.4 Å². The second-order valence-electron chi connectivity index (χ2n) is 4.02. The fraction of sp³-hybridized carbons (Fsp3) is 0.417. The van der Waals surface area contributed by atoms with Crippen LogP contribution in [0.5, 0.6) is 11.5 Å². The smallest absolute Gasteiger partial charge is 0.241 e. The Morgan fingerprint density at radius 2 is 2.41 bits per heavy atom. The highest BCUT2D eigenvalue weighted by Crippen LogP contribution is 2.28. The van der Waals surface area contributed by atoms with E-state index in [1.165, 1.54) is 13.2 Å². The zero-order valence-corrected chi connectivity index (χ0v) is 9.69. The molecule has 0 spiro atoms. The Morgan fingerprint density at radius 3 is 3.00 bits per heavy atom. The van der Waals surface area contributed by atoms with Gasteiger partial charge in [0.1, 0.15) is 0 Å². The van der Waals surface area contributed by atoms with Gasteiger partial charge in [0.2, 0.25) is 5.91 Å². The third-order valence-electron chi connectivity index (χ3n) is 2.82. The van der Waals surface area contributed by atoms with Crippen LogP contribution in [0, 0.1) is 0 Å². The summed E-state index contributed by atoms with van der Waals surface area (Å²) in [4.78, 5) is 11.8. The van der Waals surface area contributed by atoms with Crippen LogP contribution in [0.25, 0.3) is 0 Å². The Labute approximate surface area is 99.8 Å². The summed E-state index contributed by atoms with van der Waals surface area (Å²) in [5.41, 5.74) is 0.571. The van der Waals surface area contributed by atoms with Crippen LogP contribution >= 0.6 is 0 Å². The van der Waals surface area contributed by atoms with Gasteiger partial charge in [0.05, 0.1) is 13.2 Å². The van der Waals surface area contributed by atoms with Crippen molar-refractivity contribution in [2.24, 2.45) is 0 Å². The number of phenolic OH excluding ortho intramolecular Hbond substituents is 1. The SMILES string of the molecule is COc1ccc(NC(=O)[C@H]2CCCN2)cc1O. The summed E-state index contributed by atoms with van der Waals surface area (Å²) in [6.07, 6.45) is 1.87. The molecule has 1 heterocycles. The van der Waals surface area contributed by atoms with E-state index in [4.69, 9.17) is 4.74 Å². The van der Waals surface area contributed by atoms with Gasteiger partial charge < -0.3 is 20.5 Å². The van der Waals surface area contributed by atoms with Crippen molar-refractivity contribution >= 4 is 11.6 Å². The lowest BCUT2D eigenvalue weighted by molar-refractivity contribution is -0.117. The number of methoxy groups -OCH3 is 1. The molecule has 0 saturated carbocycles. The molecule has 17 heavy (non-hydrogen) atoms. The molecule has 0 aromatic heterocycles. The molecule has 0 unspecified atom stereocenters. The van der Waals surface area contributed by atoms with Crippen molar-refractivity contribution in [3.8, 4) is 11.5 Å². The van der Waals surface area contributed by atoms with Gasteiger partial charge >= 0.3 is 0 Å². The van der Waals surface area contributed by atoms with Gasteiger partial charge in [-0.15, -0.1) is 0 Å². The first-order valence-electron chi connectivity index (χ1n) is 5.62. The summed E-state index contributed by atoms with van der Waals surface area (Å²) in [5, 5.41) is 15.5. The van der Waals surface area contributed by atoms with Crippen LogP contribution < -0.4 is 15.4 Å². The number of aromatic hydroxyl groups is 1. The van der Waals surface area contributed by atoms with E-state index >= 15 is 0 Å². The number of hydrogen-bond acceptors (Lipinski definition) is 4. The predicted molar refractivity (Wildman–Crippen MR) is 64.3 cm³/mol.